The maximum atomic E-state index is 13.4. The lowest BCUT2D eigenvalue weighted by Gasteiger charge is -2.27. The Bertz CT molecular complexity index is 1060. The Morgan fingerprint density at radius 1 is 1.06 bits per heavy atom. The molecular formula is C27H36N4O4. The number of anilines is 1. The molecule has 188 valence electrons. The highest BCUT2D eigenvalue weighted by molar-refractivity contribution is 5.92. The fraction of sp³-hybridized carbons (Fsp3) is 0.407. The highest BCUT2D eigenvalue weighted by atomic mass is 16.5. The number of hydrogen-bond donors (Lipinski definition) is 1. The van der Waals surface area contributed by atoms with Gasteiger partial charge in [0, 0.05) is 44.9 Å². The number of aromatic nitrogens is 1. The van der Waals surface area contributed by atoms with E-state index in [-0.39, 0.29) is 18.5 Å². The fourth-order valence-electron chi connectivity index (χ4n) is 3.75. The second-order valence-electron chi connectivity index (χ2n) is 8.91. The van der Waals surface area contributed by atoms with Gasteiger partial charge in [-0.05, 0) is 54.3 Å². The van der Waals surface area contributed by atoms with E-state index in [1.165, 1.54) is 10.5 Å². The molecule has 3 aromatic rings. The largest absolute Gasteiger partial charge is 0.467 e. The lowest BCUT2D eigenvalue weighted by atomic mass is 10.0. The van der Waals surface area contributed by atoms with Crippen molar-refractivity contribution in [2.45, 2.75) is 39.3 Å². The zero-order valence-corrected chi connectivity index (χ0v) is 21.1. The van der Waals surface area contributed by atoms with Crippen molar-refractivity contribution < 1.29 is 18.7 Å². The summed E-state index contributed by atoms with van der Waals surface area (Å²) in [6, 6.07) is 15.0. The van der Waals surface area contributed by atoms with Gasteiger partial charge in [-0.2, -0.15) is 0 Å². The molecule has 0 unspecified atom stereocenters. The molecule has 1 aromatic carbocycles. The number of carbonyl (C=O) groups is 2. The SMILES string of the molecule is COCCCN(CC(=O)N(Cc1ccco1)Cc1cccn1C)C(=O)Nc1ccc(C(C)C)cc1. The van der Waals surface area contributed by atoms with Gasteiger partial charge in [0.2, 0.25) is 5.91 Å². The highest BCUT2D eigenvalue weighted by Gasteiger charge is 2.23. The first-order chi connectivity index (χ1) is 16.9. The summed E-state index contributed by atoms with van der Waals surface area (Å²) in [7, 11) is 3.57. The molecule has 3 rings (SSSR count). The Labute approximate surface area is 207 Å². The van der Waals surface area contributed by atoms with Gasteiger partial charge < -0.3 is 28.8 Å². The van der Waals surface area contributed by atoms with E-state index in [4.69, 9.17) is 9.15 Å². The van der Waals surface area contributed by atoms with Gasteiger partial charge in [0.25, 0.3) is 0 Å². The van der Waals surface area contributed by atoms with Crippen LogP contribution in [-0.2, 0) is 29.7 Å². The third-order valence-corrected chi connectivity index (χ3v) is 5.90. The van der Waals surface area contributed by atoms with E-state index in [0.717, 1.165) is 5.69 Å². The summed E-state index contributed by atoms with van der Waals surface area (Å²) in [4.78, 5) is 29.9. The van der Waals surface area contributed by atoms with Crippen LogP contribution in [0.5, 0.6) is 0 Å². The first kappa shape index (κ1) is 26.1. The summed E-state index contributed by atoms with van der Waals surface area (Å²) in [5.74, 6) is 0.936. The van der Waals surface area contributed by atoms with Crippen LogP contribution in [0.4, 0.5) is 10.5 Å². The lowest BCUT2D eigenvalue weighted by molar-refractivity contribution is -0.133. The molecule has 0 saturated carbocycles. The average molecular weight is 481 g/mol. The van der Waals surface area contributed by atoms with E-state index in [2.05, 4.69) is 19.2 Å². The van der Waals surface area contributed by atoms with E-state index in [0.29, 0.717) is 50.0 Å². The number of furan rings is 1. The van der Waals surface area contributed by atoms with E-state index in [1.54, 1.807) is 24.3 Å². The zero-order valence-electron chi connectivity index (χ0n) is 21.1. The van der Waals surface area contributed by atoms with E-state index in [1.807, 2.05) is 60.3 Å². The van der Waals surface area contributed by atoms with Crippen LogP contribution in [0.15, 0.2) is 65.4 Å². The minimum absolute atomic E-state index is 0.0508. The minimum atomic E-state index is -0.316. The van der Waals surface area contributed by atoms with Crippen molar-refractivity contribution in [1.29, 1.82) is 0 Å². The second kappa shape index (κ2) is 12.8. The molecule has 8 heteroatoms. The Hall–Kier alpha value is -3.52. The molecule has 2 aromatic heterocycles. The highest BCUT2D eigenvalue weighted by Crippen LogP contribution is 2.18. The van der Waals surface area contributed by atoms with Crippen molar-refractivity contribution in [2.24, 2.45) is 7.05 Å². The summed E-state index contributed by atoms with van der Waals surface area (Å²) >= 11 is 0. The number of methoxy groups -OCH3 is 1. The van der Waals surface area contributed by atoms with Crippen LogP contribution in [0.1, 0.15) is 43.2 Å². The Balaban J connectivity index is 1.73. The number of ether oxygens (including phenoxy) is 1. The van der Waals surface area contributed by atoms with Gasteiger partial charge in [0.05, 0.1) is 19.4 Å². The minimum Gasteiger partial charge on any atom is -0.467 e. The topological polar surface area (TPSA) is 80.0 Å². The quantitative estimate of drug-likeness (QED) is 0.376. The fourth-order valence-corrected chi connectivity index (χ4v) is 3.75. The number of amides is 3. The van der Waals surface area contributed by atoms with E-state index < -0.39 is 0 Å². The Kier molecular flexibility index (Phi) is 9.55. The van der Waals surface area contributed by atoms with Gasteiger partial charge in [-0.3, -0.25) is 4.79 Å². The predicted octanol–water partition coefficient (Wildman–Crippen LogP) is 4.84. The number of nitrogens with one attached hydrogen (secondary N) is 1. The van der Waals surface area contributed by atoms with Gasteiger partial charge in [-0.15, -0.1) is 0 Å². The van der Waals surface area contributed by atoms with Gasteiger partial charge in [-0.1, -0.05) is 26.0 Å². The van der Waals surface area contributed by atoms with Crippen LogP contribution in [0, 0.1) is 0 Å². The molecule has 0 saturated heterocycles. The first-order valence-electron chi connectivity index (χ1n) is 11.9. The lowest BCUT2D eigenvalue weighted by Crippen LogP contribution is -2.44. The summed E-state index contributed by atoms with van der Waals surface area (Å²) in [5.41, 5.74) is 2.88. The maximum Gasteiger partial charge on any atom is 0.322 e. The van der Waals surface area contributed by atoms with Crippen LogP contribution in [0.3, 0.4) is 0 Å². The van der Waals surface area contributed by atoms with Crippen LogP contribution in [0.25, 0.3) is 0 Å². The van der Waals surface area contributed by atoms with Crippen molar-refractivity contribution in [1.82, 2.24) is 14.4 Å². The van der Waals surface area contributed by atoms with Crippen LogP contribution < -0.4 is 5.32 Å². The summed E-state index contributed by atoms with van der Waals surface area (Å²) < 4.78 is 12.6. The van der Waals surface area contributed by atoms with Crippen LogP contribution in [0.2, 0.25) is 0 Å². The zero-order chi connectivity index (χ0) is 25.2. The predicted molar refractivity (Wildman–Crippen MR) is 136 cm³/mol. The normalized spacial score (nSPS) is 11.0. The summed E-state index contributed by atoms with van der Waals surface area (Å²) in [6.07, 6.45) is 4.16. The van der Waals surface area contributed by atoms with Gasteiger partial charge >= 0.3 is 6.03 Å². The van der Waals surface area contributed by atoms with Gasteiger partial charge in [-0.25, -0.2) is 4.79 Å². The molecule has 2 heterocycles. The van der Waals surface area contributed by atoms with Crippen molar-refractivity contribution in [3.05, 3.63) is 78.0 Å². The van der Waals surface area contributed by atoms with Crippen molar-refractivity contribution >= 4 is 17.6 Å². The number of aryl methyl sites for hydroxylation is 1. The molecule has 8 nitrogen and oxygen atoms in total. The number of urea groups is 1. The third-order valence-electron chi connectivity index (χ3n) is 5.90. The maximum absolute atomic E-state index is 13.4. The molecule has 0 atom stereocenters. The smallest absolute Gasteiger partial charge is 0.322 e. The molecule has 1 N–H and O–H groups in total. The molecule has 0 aliphatic carbocycles. The number of nitrogens with zero attached hydrogens (tertiary/aromatic N) is 3. The number of rotatable bonds is 12. The number of carbonyl (C=O) groups excluding carboxylic acids is 2. The molecule has 0 aliphatic heterocycles. The molecule has 0 aliphatic rings. The summed E-state index contributed by atoms with van der Waals surface area (Å²) in [6.45, 7) is 5.83. The molecule has 0 bridgehead atoms. The van der Waals surface area contributed by atoms with Crippen LogP contribution >= 0.6 is 0 Å². The first-order valence-corrected chi connectivity index (χ1v) is 11.9. The Morgan fingerprint density at radius 3 is 2.43 bits per heavy atom. The average Bonchev–Trinajstić information content (AvgIpc) is 3.50. The van der Waals surface area contributed by atoms with Crippen molar-refractivity contribution in [3.8, 4) is 0 Å². The number of benzene rings is 1. The van der Waals surface area contributed by atoms with Gasteiger partial charge in [0.1, 0.15) is 12.3 Å². The third kappa shape index (κ3) is 7.75. The molecule has 35 heavy (non-hydrogen) atoms. The summed E-state index contributed by atoms with van der Waals surface area (Å²) in [5, 5.41) is 2.93. The van der Waals surface area contributed by atoms with E-state index in [9.17, 15) is 9.59 Å². The molecule has 0 radical (unpaired) electrons. The molecular weight excluding hydrogens is 444 g/mol. The van der Waals surface area contributed by atoms with Crippen LogP contribution in [-0.4, -0.2) is 53.1 Å². The standard InChI is InChI=1S/C27H36N4O4/c1-21(2)22-10-12-23(13-11-22)28-27(33)30(15-7-16-34-4)20-26(32)31(19-25-9-6-17-35-25)18-24-8-5-14-29(24)3/h5-6,8-14,17,21H,7,15-16,18-20H2,1-4H3,(H,28,33). The van der Waals surface area contributed by atoms with Gasteiger partial charge in [0.15, 0.2) is 0 Å². The molecule has 0 spiro atoms. The van der Waals surface area contributed by atoms with Crippen molar-refractivity contribution in [3.63, 3.8) is 0 Å². The monoisotopic (exact) mass is 480 g/mol. The Morgan fingerprint density at radius 2 is 1.83 bits per heavy atom. The number of hydrogen-bond acceptors (Lipinski definition) is 4. The van der Waals surface area contributed by atoms with E-state index >= 15 is 0 Å². The molecule has 3 amide bonds. The van der Waals surface area contributed by atoms with Crippen molar-refractivity contribution in [2.75, 3.05) is 32.1 Å². The second-order valence-corrected chi connectivity index (χ2v) is 8.91. The molecule has 0 fully saturated rings.